The normalized spacial score (nSPS) is 13.9. The molecule has 0 unspecified atom stereocenters. The van der Waals surface area contributed by atoms with Gasteiger partial charge in [-0.25, -0.2) is 0 Å². The molecule has 1 aliphatic rings. The van der Waals surface area contributed by atoms with Crippen LogP contribution in [0.15, 0.2) is 48.7 Å². The Labute approximate surface area is 180 Å². The molecule has 1 aliphatic heterocycles. The summed E-state index contributed by atoms with van der Waals surface area (Å²) in [5.41, 5.74) is 3.84. The van der Waals surface area contributed by atoms with E-state index < -0.39 is 11.7 Å². The van der Waals surface area contributed by atoms with Crippen molar-refractivity contribution in [3.8, 4) is 0 Å². The number of amides is 2. The number of Topliss-reactive ketones (excluding diaryl/α,β-unsaturated/α-hetero) is 1. The highest BCUT2D eigenvalue weighted by Gasteiger charge is 2.27. The highest BCUT2D eigenvalue weighted by atomic mass is 16.5. The molecule has 3 aromatic rings. The molecule has 0 saturated carbocycles. The third-order valence-corrected chi connectivity index (χ3v) is 5.51. The van der Waals surface area contributed by atoms with Gasteiger partial charge in [-0.1, -0.05) is 30.3 Å². The van der Waals surface area contributed by atoms with Crippen LogP contribution in [-0.4, -0.2) is 53.4 Å². The van der Waals surface area contributed by atoms with E-state index in [0.29, 0.717) is 37.3 Å². The van der Waals surface area contributed by atoms with Gasteiger partial charge in [0.05, 0.1) is 18.8 Å². The lowest BCUT2D eigenvalue weighted by atomic mass is 10.1. The summed E-state index contributed by atoms with van der Waals surface area (Å²) >= 11 is 0. The summed E-state index contributed by atoms with van der Waals surface area (Å²) in [5, 5.41) is 3.60. The zero-order chi connectivity index (χ0) is 22.0. The molecule has 4 rings (SSSR count). The molecular formula is C24H25N3O4. The third kappa shape index (κ3) is 4.36. The lowest BCUT2D eigenvalue weighted by Gasteiger charge is -2.25. The van der Waals surface area contributed by atoms with E-state index in [0.717, 1.165) is 22.3 Å². The Morgan fingerprint density at radius 1 is 1.03 bits per heavy atom. The van der Waals surface area contributed by atoms with E-state index in [1.807, 2.05) is 50.2 Å². The van der Waals surface area contributed by atoms with E-state index >= 15 is 0 Å². The molecule has 1 fully saturated rings. The smallest absolute Gasteiger partial charge is 0.295 e. The average Bonchev–Trinajstić information content (AvgIpc) is 3.14. The van der Waals surface area contributed by atoms with Crippen LogP contribution in [0.3, 0.4) is 0 Å². The fourth-order valence-corrected chi connectivity index (χ4v) is 3.80. The van der Waals surface area contributed by atoms with Crippen molar-refractivity contribution in [2.45, 2.75) is 20.4 Å². The number of aryl methyl sites for hydroxylation is 2. The van der Waals surface area contributed by atoms with Crippen LogP contribution in [0.25, 0.3) is 10.9 Å². The van der Waals surface area contributed by atoms with Gasteiger partial charge in [0.25, 0.3) is 11.7 Å². The van der Waals surface area contributed by atoms with Gasteiger partial charge in [0.1, 0.15) is 6.54 Å². The van der Waals surface area contributed by atoms with Crippen molar-refractivity contribution >= 4 is 34.2 Å². The molecule has 0 aliphatic carbocycles. The van der Waals surface area contributed by atoms with E-state index in [-0.39, 0.29) is 12.5 Å². The summed E-state index contributed by atoms with van der Waals surface area (Å²) in [6, 6.07) is 13.2. The Morgan fingerprint density at radius 3 is 2.55 bits per heavy atom. The Bertz CT molecular complexity index is 1160. The number of aromatic nitrogens is 1. The first-order valence-corrected chi connectivity index (χ1v) is 10.3. The van der Waals surface area contributed by atoms with E-state index in [4.69, 9.17) is 4.74 Å². The second-order valence-electron chi connectivity index (χ2n) is 7.79. The lowest BCUT2D eigenvalue weighted by molar-refractivity contribution is -0.130. The zero-order valence-corrected chi connectivity index (χ0v) is 17.7. The number of ether oxygens (including phenoxy) is 1. The van der Waals surface area contributed by atoms with Gasteiger partial charge >= 0.3 is 0 Å². The number of hydrogen-bond acceptors (Lipinski definition) is 4. The predicted octanol–water partition coefficient (Wildman–Crippen LogP) is 2.94. The van der Waals surface area contributed by atoms with Crippen LogP contribution in [-0.2, 0) is 20.9 Å². The Kier molecular flexibility index (Phi) is 5.86. The fourth-order valence-electron chi connectivity index (χ4n) is 3.80. The zero-order valence-electron chi connectivity index (χ0n) is 17.7. The molecule has 0 radical (unpaired) electrons. The second kappa shape index (κ2) is 8.73. The van der Waals surface area contributed by atoms with Crippen molar-refractivity contribution in [2.24, 2.45) is 0 Å². The van der Waals surface area contributed by atoms with Crippen LogP contribution in [0.4, 0.5) is 5.69 Å². The number of anilines is 1. The van der Waals surface area contributed by atoms with Crippen molar-refractivity contribution in [3.05, 3.63) is 65.4 Å². The van der Waals surface area contributed by atoms with Gasteiger partial charge in [-0.05, 0) is 37.1 Å². The molecule has 0 atom stereocenters. The van der Waals surface area contributed by atoms with Crippen LogP contribution in [0, 0.1) is 13.8 Å². The third-order valence-electron chi connectivity index (χ3n) is 5.51. The van der Waals surface area contributed by atoms with E-state index in [1.54, 1.807) is 16.8 Å². The molecular weight excluding hydrogens is 394 g/mol. The SMILES string of the molecule is Cc1ccc(C)c(NC(=O)Cn2cc(C(=O)C(=O)N3CCOCC3)c3ccccc32)c1. The Morgan fingerprint density at radius 2 is 1.77 bits per heavy atom. The molecule has 31 heavy (non-hydrogen) atoms. The maximum Gasteiger partial charge on any atom is 0.295 e. The van der Waals surface area contributed by atoms with Crippen molar-refractivity contribution in [2.75, 3.05) is 31.6 Å². The van der Waals surface area contributed by atoms with Crippen molar-refractivity contribution in [1.82, 2.24) is 9.47 Å². The summed E-state index contributed by atoms with van der Waals surface area (Å²) in [6.07, 6.45) is 1.61. The number of rotatable bonds is 5. The Balaban J connectivity index is 1.59. The standard InChI is InChI=1S/C24H25N3O4/c1-16-7-8-17(2)20(13-16)25-22(28)15-27-14-19(18-5-3-4-6-21(18)27)23(29)24(30)26-9-11-31-12-10-26/h3-8,13-14H,9-12,15H2,1-2H3,(H,25,28). The topological polar surface area (TPSA) is 80.6 Å². The summed E-state index contributed by atoms with van der Waals surface area (Å²) in [4.78, 5) is 40.0. The maximum absolute atomic E-state index is 13.0. The number of carbonyl (C=O) groups excluding carboxylic acids is 3. The molecule has 1 aromatic heterocycles. The molecule has 2 heterocycles. The van der Waals surface area contributed by atoms with E-state index in [9.17, 15) is 14.4 Å². The molecule has 2 aromatic carbocycles. The van der Waals surface area contributed by atoms with Crippen LogP contribution in [0.5, 0.6) is 0 Å². The van der Waals surface area contributed by atoms with E-state index in [2.05, 4.69) is 5.32 Å². The maximum atomic E-state index is 13.0. The minimum absolute atomic E-state index is 0.0346. The second-order valence-corrected chi connectivity index (χ2v) is 7.79. The number of para-hydroxylation sites is 1. The first-order chi connectivity index (χ1) is 14.9. The van der Waals surface area contributed by atoms with Crippen LogP contribution < -0.4 is 5.32 Å². The molecule has 1 saturated heterocycles. The molecule has 0 spiro atoms. The van der Waals surface area contributed by atoms with Gasteiger partial charge in [-0.3, -0.25) is 14.4 Å². The van der Waals surface area contributed by atoms with Gasteiger partial charge in [0, 0.05) is 35.9 Å². The fraction of sp³-hybridized carbons (Fsp3) is 0.292. The van der Waals surface area contributed by atoms with Gasteiger partial charge in [0.2, 0.25) is 5.91 Å². The number of hydrogen-bond donors (Lipinski definition) is 1. The quantitative estimate of drug-likeness (QED) is 0.509. The number of carbonyl (C=O) groups is 3. The number of nitrogens with one attached hydrogen (secondary N) is 1. The minimum atomic E-state index is -0.563. The van der Waals surface area contributed by atoms with E-state index in [1.165, 1.54) is 4.90 Å². The van der Waals surface area contributed by atoms with Crippen molar-refractivity contribution in [1.29, 1.82) is 0 Å². The molecule has 7 nitrogen and oxygen atoms in total. The average molecular weight is 419 g/mol. The summed E-state index contributed by atoms with van der Waals surface area (Å²) in [6.45, 7) is 5.61. The highest BCUT2D eigenvalue weighted by molar-refractivity contribution is 6.44. The number of morpholine rings is 1. The first-order valence-electron chi connectivity index (χ1n) is 10.3. The van der Waals surface area contributed by atoms with Crippen molar-refractivity contribution < 1.29 is 19.1 Å². The molecule has 160 valence electrons. The molecule has 1 N–H and O–H groups in total. The number of nitrogens with zero attached hydrogens (tertiary/aromatic N) is 2. The summed E-state index contributed by atoms with van der Waals surface area (Å²) in [5.74, 6) is -1.30. The number of fused-ring (bicyclic) bond motifs is 1. The lowest BCUT2D eigenvalue weighted by Crippen LogP contribution is -2.44. The minimum Gasteiger partial charge on any atom is -0.378 e. The number of benzene rings is 2. The van der Waals surface area contributed by atoms with Gasteiger partial charge in [-0.15, -0.1) is 0 Å². The van der Waals surface area contributed by atoms with Crippen LogP contribution in [0.1, 0.15) is 21.5 Å². The molecule has 0 bridgehead atoms. The van der Waals surface area contributed by atoms with Gasteiger partial charge in [-0.2, -0.15) is 0 Å². The van der Waals surface area contributed by atoms with Crippen molar-refractivity contribution in [3.63, 3.8) is 0 Å². The summed E-state index contributed by atoms with van der Waals surface area (Å²) < 4.78 is 6.98. The van der Waals surface area contributed by atoms with Crippen LogP contribution >= 0.6 is 0 Å². The summed E-state index contributed by atoms with van der Waals surface area (Å²) in [7, 11) is 0. The Hall–Kier alpha value is -3.45. The monoisotopic (exact) mass is 419 g/mol. The van der Waals surface area contributed by atoms with Crippen LogP contribution in [0.2, 0.25) is 0 Å². The highest BCUT2D eigenvalue weighted by Crippen LogP contribution is 2.23. The predicted molar refractivity (Wildman–Crippen MR) is 118 cm³/mol. The number of ketones is 1. The van der Waals surface area contributed by atoms with Gasteiger partial charge in [0.15, 0.2) is 0 Å². The largest absolute Gasteiger partial charge is 0.378 e. The molecule has 7 heteroatoms. The molecule has 2 amide bonds. The first kappa shape index (κ1) is 20.8. The van der Waals surface area contributed by atoms with Gasteiger partial charge < -0.3 is 19.5 Å².